The summed E-state index contributed by atoms with van der Waals surface area (Å²) in [4.78, 5) is 0. The minimum Gasteiger partial charge on any atom is -0.346 e. The van der Waals surface area contributed by atoms with Crippen molar-refractivity contribution in [3.8, 4) is 0 Å². The smallest absolute Gasteiger partial charge is 0.346 e. The molecule has 0 saturated heterocycles. The molecule has 0 unspecified atom stereocenters. The molecule has 136 valence electrons. The van der Waals surface area contributed by atoms with Crippen molar-refractivity contribution in [2.75, 3.05) is 0 Å². The molecule has 0 aromatic carbocycles. The molecule has 0 spiro atoms. The van der Waals surface area contributed by atoms with Crippen LogP contribution in [0.3, 0.4) is 0 Å². The Labute approximate surface area is 179 Å². The Balaban J connectivity index is -0.00000000932. The number of hydrogen-bond acceptors (Lipinski definition) is 0. The summed E-state index contributed by atoms with van der Waals surface area (Å²) in [6, 6.07) is 0. The zero-order chi connectivity index (χ0) is 18.8. The summed E-state index contributed by atoms with van der Waals surface area (Å²) < 4.78 is 0. The maximum atomic E-state index is 3.25. The normalized spacial score (nSPS) is 4.36. The Morgan fingerprint density at radius 2 is 0.318 bits per heavy atom. The van der Waals surface area contributed by atoms with Crippen molar-refractivity contribution >= 4 is 0 Å². The van der Waals surface area contributed by atoms with Crippen LogP contribution in [-0.4, -0.2) is 0 Å². The van der Waals surface area contributed by atoms with E-state index in [1.807, 2.05) is 81.1 Å². The average Bonchev–Trinajstić information content (AvgIpc) is 2.50. The Hall–Kier alpha value is 1.43. The van der Waals surface area contributed by atoms with Gasteiger partial charge in [-0.25, -0.2) is 0 Å². The van der Waals surface area contributed by atoms with Gasteiger partial charge in [-0.05, 0) is 0 Å². The summed E-state index contributed by atoms with van der Waals surface area (Å²) >= 11 is 0. The third kappa shape index (κ3) is 4380. The van der Waals surface area contributed by atoms with Crippen LogP contribution in [-0.2, 0) is 43.4 Å². The van der Waals surface area contributed by atoms with Crippen molar-refractivity contribution in [1.82, 2.24) is 0 Å². The second kappa shape index (κ2) is 349. The van der Waals surface area contributed by atoms with Gasteiger partial charge in [0, 0.05) is 0 Å². The quantitative estimate of drug-likeness (QED) is 0.291. The minimum absolute atomic E-state index is 0. The van der Waals surface area contributed by atoms with Gasteiger partial charge in [0.2, 0.25) is 0 Å². The monoisotopic (exact) mass is 384 g/mol. The van der Waals surface area contributed by atoms with Gasteiger partial charge in [-0.2, -0.15) is 83.1 Å². The second-order valence-corrected chi connectivity index (χ2v) is 2.31. The summed E-state index contributed by atoms with van der Waals surface area (Å²) in [6.45, 7) is 36.0. The first-order valence-corrected chi connectivity index (χ1v) is 7.45. The number of rotatable bonds is 0. The van der Waals surface area contributed by atoms with Crippen LogP contribution in [0.1, 0.15) is 83.1 Å². The molecule has 0 N–H and O–H groups in total. The molecular weight excluding hydrogens is 336 g/mol. The van der Waals surface area contributed by atoms with E-state index in [0.29, 0.717) is 0 Å². The topological polar surface area (TPSA) is 0 Å². The second-order valence-electron chi connectivity index (χ2n) is 2.31. The van der Waals surface area contributed by atoms with Gasteiger partial charge in [0.25, 0.3) is 0 Å². The summed E-state index contributed by atoms with van der Waals surface area (Å²) in [6.07, 6.45) is 8.00. The molecule has 0 nitrogen and oxygen atoms in total. The first kappa shape index (κ1) is 65.4. The third-order valence-corrected chi connectivity index (χ3v) is 0. The summed E-state index contributed by atoms with van der Waals surface area (Å²) in [5, 5.41) is 0. The fraction of sp³-hybridized carbons (Fsp3) is 0.600. The maximum Gasteiger partial charge on any atom is 4.00 e. The molecule has 0 heterocycles. The van der Waals surface area contributed by atoms with E-state index in [0.717, 1.165) is 0 Å². The van der Waals surface area contributed by atoms with E-state index in [1.165, 1.54) is 0 Å². The van der Waals surface area contributed by atoms with Gasteiger partial charge in [0.15, 0.2) is 0 Å². The SMILES string of the molecule is C[CH-]C.C[CH-]C.C[CH-]C.C[CH-]C.[CH2-]C.[CH2-]C.[CH2-]C.[CH2-]C.[Ti+4].[Ti+4]. The predicted octanol–water partition coefficient (Wildman–Crippen LogP) is 8.28. The molecular formula is C20H48Ti2. The Bertz CT molecular complexity index is 17.7. The van der Waals surface area contributed by atoms with Gasteiger partial charge in [-0.3, -0.25) is 0 Å². The van der Waals surface area contributed by atoms with Crippen molar-refractivity contribution in [3.05, 3.63) is 53.4 Å². The van der Waals surface area contributed by atoms with Crippen LogP contribution in [0.4, 0.5) is 0 Å². The molecule has 0 aliphatic rings. The molecule has 0 fully saturated rings. The predicted molar refractivity (Wildman–Crippen MR) is 107 cm³/mol. The van der Waals surface area contributed by atoms with Gasteiger partial charge in [0.05, 0.1) is 0 Å². The van der Waals surface area contributed by atoms with Crippen LogP contribution in [0.2, 0.25) is 0 Å². The molecule has 0 aliphatic carbocycles. The number of hydrogen-bond donors (Lipinski definition) is 0. The van der Waals surface area contributed by atoms with Crippen molar-refractivity contribution in [2.45, 2.75) is 83.1 Å². The summed E-state index contributed by atoms with van der Waals surface area (Å²) in [5.74, 6) is 0. The molecule has 0 aromatic rings. The van der Waals surface area contributed by atoms with Crippen LogP contribution < -0.4 is 0 Å². The zero-order valence-electron chi connectivity index (χ0n) is 18.1. The largest absolute Gasteiger partial charge is 4.00 e. The molecule has 0 aromatic heterocycles. The standard InChI is InChI=1S/4C3H7.4C2H5.2Ti/c4*1-3-2;4*1-2;;/h4*3H,1-2H3;4*1H2,2H3;;/q8*-1;2*+4. The molecule has 0 saturated carbocycles. The third-order valence-electron chi connectivity index (χ3n) is 0. The van der Waals surface area contributed by atoms with Gasteiger partial charge < -0.3 is 53.4 Å². The maximum absolute atomic E-state index is 3.25. The van der Waals surface area contributed by atoms with E-state index < -0.39 is 0 Å². The van der Waals surface area contributed by atoms with E-state index >= 15 is 0 Å². The van der Waals surface area contributed by atoms with Crippen molar-refractivity contribution in [3.63, 3.8) is 0 Å². The van der Waals surface area contributed by atoms with Gasteiger partial charge >= 0.3 is 43.4 Å². The molecule has 0 aliphatic heterocycles. The molecule has 0 amide bonds. The van der Waals surface area contributed by atoms with Crippen LogP contribution in [0.15, 0.2) is 0 Å². The van der Waals surface area contributed by atoms with E-state index in [2.05, 4.69) is 27.7 Å². The van der Waals surface area contributed by atoms with Crippen molar-refractivity contribution in [2.24, 2.45) is 0 Å². The van der Waals surface area contributed by atoms with E-state index in [-0.39, 0.29) is 43.4 Å². The van der Waals surface area contributed by atoms with Crippen LogP contribution in [0.25, 0.3) is 0 Å². The summed E-state index contributed by atoms with van der Waals surface area (Å²) in [5.41, 5.74) is 0. The first-order valence-electron chi connectivity index (χ1n) is 7.45. The molecule has 22 heavy (non-hydrogen) atoms. The van der Waals surface area contributed by atoms with Gasteiger partial charge in [-0.15, -0.1) is 0 Å². The molecule has 0 rings (SSSR count). The fourth-order valence-electron chi connectivity index (χ4n) is 0. The van der Waals surface area contributed by atoms with Crippen molar-refractivity contribution < 1.29 is 43.4 Å². The zero-order valence-corrected chi connectivity index (χ0v) is 21.3. The Kier molecular flexibility index (Phi) is 1040. The van der Waals surface area contributed by atoms with Crippen LogP contribution in [0, 0.1) is 53.4 Å². The Morgan fingerprint density at radius 3 is 0.318 bits per heavy atom. The van der Waals surface area contributed by atoms with Crippen LogP contribution >= 0.6 is 0 Å². The molecule has 0 radical (unpaired) electrons. The molecule has 0 bridgehead atoms. The average molecular weight is 384 g/mol. The van der Waals surface area contributed by atoms with Gasteiger partial charge in [-0.1, -0.05) is 0 Å². The van der Waals surface area contributed by atoms with E-state index in [4.69, 9.17) is 0 Å². The fourth-order valence-corrected chi connectivity index (χ4v) is 0. The van der Waals surface area contributed by atoms with E-state index in [9.17, 15) is 0 Å². The summed E-state index contributed by atoms with van der Waals surface area (Å²) in [7, 11) is 0. The first-order chi connectivity index (χ1) is 9.66. The minimum atomic E-state index is 0. The molecule has 2 heteroatoms. The van der Waals surface area contributed by atoms with E-state index in [1.54, 1.807) is 27.7 Å². The molecule has 0 atom stereocenters. The van der Waals surface area contributed by atoms with Crippen molar-refractivity contribution in [1.29, 1.82) is 0 Å². The van der Waals surface area contributed by atoms with Crippen LogP contribution in [0.5, 0.6) is 0 Å². The Morgan fingerprint density at radius 1 is 0.318 bits per heavy atom. The van der Waals surface area contributed by atoms with Gasteiger partial charge in [0.1, 0.15) is 0 Å².